The molecule has 0 spiro atoms. The van der Waals surface area contributed by atoms with Gasteiger partial charge in [-0.25, -0.2) is 9.18 Å². The summed E-state index contributed by atoms with van der Waals surface area (Å²) >= 11 is 0. The number of rotatable bonds is 14. The third-order valence-corrected chi connectivity index (χ3v) is 8.87. The number of aliphatic carboxylic acids is 1. The van der Waals surface area contributed by atoms with Crippen molar-refractivity contribution in [2.45, 2.75) is 77.4 Å². The lowest BCUT2D eigenvalue weighted by atomic mass is 9.84. The van der Waals surface area contributed by atoms with E-state index in [1.807, 2.05) is 28.1 Å². The number of benzene rings is 2. The number of carbonyl (C=O) groups is 1. The Labute approximate surface area is 263 Å². The van der Waals surface area contributed by atoms with Crippen LogP contribution in [0.1, 0.15) is 63.0 Å². The molecule has 0 saturated carbocycles. The molecule has 1 unspecified atom stereocenters. The van der Waals surface area contributed by atoms with Crippen molar-refractivity contribution in [1.29, 1.82) is 0 Å². The highest BCUT2D eigenvalue weighted by atomic mass is 19.1. The van der Waals surface area contributed by atoms with Crippen LogP contribution in [0.5, 0.6) is 17.2 Å². The Balaban J connectivity index is 1.63. The second-order valence-corrected chi connectivity index (χ2v) is 11.7. The maximum absolute atomic E-state index is 14.5. The fraction of sp³-hybridized carbons (Fsp3) is 0.471. The van der Waals surface area contributed by atoms with E-state index in [1.54, 1.807) is 36.0 Å². The molecule has 11 heteroatoms. The van der Waals surface area contributed by atoms with Crippen molar-refractivity contribution < 1.29 is 33.3 Å². The Morgan fingerprint density at radius 1 is 1.22 bits per heavy atom. The number of carbonyl (C=O) groups excluding carboxylic acids is 1. The summed E-state index contributed by atoms with van der Waals surface area (Å²) in [7, 11) is 1.53. The van der Waals surface area contributed by atoms with Crippen molar-refractivity contribution >= 4 is 17.6 Å². The number of fused-ring (bicyclic) bond motifs is 1. The SMILES string of the molecule is CCCC(CCC)N(C(=C=O)N1CC(c2cc(OC)c3c(c2)OCO3)[C@H](C(=O)O)[C@H]1CCn1cccn1)c1ccc(F)c(C)c1. The van der Waals surface area contributed by atoms with Crippen LogP contribution in [0, 0.1) is 18.7 Å². The number of carboxylic acids is 1. The average Bonchev–Trinajstić information content (AvgIpc) is 3.80. The summed E-state index contributed by atoms with van der Waals surface area (Å²) in [6.45, 7) is 6.60. The molecule has 240 valence electrons. The number of methoxy groups -OCH3 is 1. The van der Waals surface area contributed by atoms with Crippen LogP contribution in [0.2, 0.25) is 0 Å². The summed E-state index contributed by atoms with van der Waals surface area (Å²) in [6.07, 6.45) is 7.22. The Morgan fingerprint density at radius 3 is 2.62 bits per heavy atom. The number of hydrogen-bond acceptors (Lipinski definition) is 8. The molecule has 45 heavy (non-hydrogen) atoms. The minimum absolute atomic E-state index is 0.0428. The maximum Gasteiger partial charge on any atom is 0.309 e. The lowest BCUT2D eigenvalue weighted by Gasteiger charge is -2.40. The second kappa shape index (κ2) is 14.1. The molecule has 1 saturated heterocycles. The maximum atomic E-state index is 14.5. The summed E-state index contributed by atoms with van der Waals surface area (Å²) in [5.74, 6) is 1.18. The molecule has 0 bridgehead atoms. The van der Waals surface area contributed by atoms with Crippen LogP contribution in [-0.2, 0) is 16.1 Å². The average molecular weight is 621 g/mol. The Bertz CT molecular complexity index is 1530. The van der Waals surface area contributed by atoms with Gasteiger partial charge in [0.25, 0.3) is 0 Å². The predicted octanol–water partition coefficient (Wildman–Crippen LogP) is 5.78. The first kappa shape index (κ1) is 31.9. The van der Waals surface area contributed by atoms with E-state index in [4.69, 9.17) is 14.2 Å². The van der Waals surface area contributed by atoms with Gasteiger partial charge in [0.2, 0.25) is 12.5 Å². The van der Waals surface area contributed by atoms with Crippen molar-refractivity contribution in [3.63, 3.8) is 0 Å². The number of aromatic nitrogens is 2. The normalized spacial score (nSPS) is 18.7. The lowest BCUT2D eigenvalue weighted by molar-refractivity contribution is -0.143. The molecule has 3 atom stereocenters. The van der Waals surface area contributed by atoms with E-state index >= 15 is 0 Å². The minimum Gasteiger partial charge on any atom is -0.493 e. The molecule has 0 amide bonds. The highest BCUT2D eigenvalue weighted by Gasteiger charge is 2.49. The van der Waals surface area contributed by atoms with Crippen LogP contribution in [0.25, 0.3) is 0 Å². The molecule has 2 aliphatic heterocycles. The number of nitrogens with zero attached hydrogens (tertiary/aromatic N) is 4. The van der Waals surface area contributed by atoms with Gasteiger partial charge in [-0.1, -0.05) is 26.7 Å². The summed E-state index contributed by atoms with van der Waals surface area (Å²) in [4.78, 5) is 30.2. The fourth-order valence-electron chi connectivity index (χ4n) is 6.81. The van der Waals surface area contributed by atoms with Crippen molar-refractivity contribution in [2.24, 2.45) is 5.92 Å². The van der Waals surface area contributed by atoms with Crippen LogP contribution in [-0.4, -0.2) is 64.2 Å². The lowest BCUT2D eigenvalue weighted by Crippen LogP contribution is -2.46. The van der Waals surface area contributed by atoms with Gasteiger partial charge in [-0.15, -0.1) is 0 Å². The molecule has 0 radical (unpaired) electrons. The molecule has 10 nitrogen and oxygen atoms in total. The number of carboxylic acid groups (broad SMARTS) is 1. The number of ether oxygens (including phenoxy) is 3. The van der Waals surface area contributed by atoms with Gasteiger partial charge in [-0.05, 0) is 73.7 Å². The van der Waals surface area contributed by atoms with Gasteiger partial charge in [0, 0.05) is 49.2 Å². The van der Waals surface area contributed by atoms with Crippen molar-refractivity contribution in [1.82, 2.24) is 14.7 Å². The molecule has 3 heterocycles. The minimum atomic E-state index is -0.974. The van der Waals surface area contributed by atoms with E-state index < -0.39 is 23.8 Å². The van der Waals surface area contributed by atoms with E-state index in [0.717, 1.165) is 25.7 Å². The summed E-state index contributed by atoms with van der Waals surface area (Å²) < 4.78 is 33.1. The van der Waals surface area contributed by atoms with Gasteiger partial charge in [-0.3, -0.25) is 9.48 Å². The molecule has 1 N–H and O–H groups in total. The van der Waals surface area contributed by atoms with Gasteiger partial charge in [-0.2, -0.15) is 5.10 Å². The first-order valence-corrected chi connectivity index (χ1v) is 15.6. The van der Waals surface area contributed by atoms with E-state index in [1.165, 1.54) is 13.2 Å². The van der Waals surface area contributed by atoms with Gasteiger partial charge in [0.05, 0.1) is 13.0 Å². The Hall–Kier alpha value is -4.50. The van der Waals surface area contributed by atoms with Gasteiger partial charge in [0.15, 0.2) is 23.3 Å². The van der Waals surface area contributed by atoms with Crippen LogP contribution in [0.3, 0.4) is 0 Å². The summed E-state index contributed by atoms with van der Waals surface area (Å²) in [5, 5.41) is 15.1. The van der Waals surface area contributed by atoms with E-state index in [0.29, 0.717) is 47.0 Å². The number of anilines is 1. The molecule has 2 aromatic carbocycles. The van der Waals surface area contributed by atoms with Gasteiger partial charge < -0.3 is 29.1 Å². The molecule has 2 aliphatic rings. The van der Waals surface area contributed by atoms with Crippen LogP contribution in [0.4, 0.5) is 10.1 Å². The Kier molecular flexibility index (Phi) is 9.98. The van der Waals surface area contributed by atoms with Crippen LogP contribution < -0.4 is 19.1 Å². The van der Waals surface area contributed by atoms with Gasteiger partial charge >= 0.3 is 5.97 Å². The first-order chi connectivity index (χ1) is 21.8. The third-order valence-electron chi connectivity index (χ3n) is 8.87. The van der Waals surface area contributed by atoms with Crippen molar-refractivity contribution in [3.05, 3.63) is 71.6 Å². The topological polar surface area (TPSA) is 106 Å². The predicted molar refractivity (Wildman–Crippen MR) is 167 cm³/mol. The standard InChI is InChI=1S/C34H41FN4O6/c1-5-8-24(9-6-2)39(25-10-11-27(35)22(3)16-25)31(20-40)38-19-26(23-17-29(43-4)33-30(18-23)44-21-45-33)32(34(41)42)28(38)12-15-37-14-7-13-36-37/h7,10-11,13-14,16-18,24,26,28,32H,5-6,8-9,12,15,19,21H2,1-4H3,(H,41,42)/t26?,28-,32+/m1/s1. The molecule has 1 aromatic heterocycles. The molecule has 3 aromatic rings. The molecule has 5 rings (SSSR count). The quantitative estimate of drug-likeness (QED) is 0.225. The highest BCUT2D eigenvalue weighted by Crippen LogP contribution is 2.48. The zero-order valence-electron chi connectivity index (χ0n) is 26.2. The third kappa shape index (κ3) is 6.49. The fourth-order valence-corrected chi connectivity index (χ4v) is 6.81. The molecule has 0 aliphatic carbocycles. The Morgan fingerprint density at radius 2 is 2.00 bits per heavy atom. The summed E-state index contributed by atoms with van der Waals surface area (Å²) in [6, 6.07) is 9.59. The van der Waals surface area contributed by atoms with Gasteiger partial charge in [0.1, 0.15) is 5.82 Å². The number of hydrogen-bond donors (Lipinski definition) is 1. The van der Waals surface area contributed by atoms with E-state index in [9.17, 15) is 19.1 Å². The second-order valence-electron chi connectivity index (χ2n) is 11.7. The molecule has 1 fully saturated rings. The first-order valence-electron chi connectivity index (χ1n) is 15.6. The number of halogens is 1. The monoisotopic (exact) mass is 620 g/mol. The van der Waals surface area contributed by atoms with Crippen LogP contribution in [0.15, 0.2) is 54.6 Å². The highest BCUT2D eigenvalue weighted by molar-refractivity contribution is 5.74. The zero-order valence-corrected chi connectivity index (χ0v) is 26.2. The van der Waals surface area contributed by atoms with E-state index in [2.05, 4.69) is 24.9 Å². The summed E-state index contributed by atoms with van der Waals surface area (Å²) in [5.41, 5.74) is 1.84. The smallest absolute Gasteiger partial charge is 0.309 e. The number of aryl methyl sites for hydroxylation is 2. The largest absolute Gasteiger partial charge is 0.493 e. The number of likely N-dealkylation sites (tertiary alicyclic amines) is 1. The van der Waals surface area contributed by atoms with Crippen LogP contribution >= 0.6 is 0 Å². The molecular formula is C34H41FN4O6. The van der Waals surface area contributed by atoms with Crippen molar-refractivity contribution in [2.75, 3.05) is 25.3 Å². The van der Waals surface area contributed by atoms with E-state index in [-0.39, 0.29) is 31.0 Å². The zero-order chi connectivity index (χ0) is 32.1. The van der Waals surface area contributed by atoms with Crippen molar-refractivity contribution in [3.8, 4) is 17.2 Å². The molecular weight excluding hydrogens is 579 g/mol.